The maximum atomic E-state index is 13.7. The SMILES string of the molecule is CCOC(=O)Nc1cc(NCC(C)C)c(N)cc1F. The molecule has 0 aliphatic carbocycles. The fourth-order valence-corrected chi connectivity index (χ4v) is 1.43. The Kier molecular flexibility index (Phi) is 5.41. The molecule has 0 aromatic heterocycles. The van der Waals surface area contributed by atoms with E-state index >= 15 is 0 Å². The number of benzene rings is 1. The van der Waals surface area contributed by atoms with Gasteiger partial charge in [0, 0.05) is 12.6 Å². The van der Waals surface area contributed by atoms with Crippen LogP contribution in [0.5, 0.6) is 0 Å². The second-order valence-corrected chi connectivity index (χ2v) is 4.54. The Morgan fingerprint density at radius 3 is 2.68 bits per heavy atom. The molecule has 4 N–H and O–H groups in total. The molecule has 0 unspecified atom stereocenters. The highest BCUT2D eigenvalue weighted by Crippen LogP contribution is 2.26. The van der Waals surface area contributed by atoms with E-state index in [4.69, 9.17) is 10.5 Å². The van der Waals surface area contributed by atoms with Gasteiger partial charge in [-0.15, -0.1) is 0 Å². The molecule has 0 heterocycles. The molecule has 6 heteroatoms. The summed E-state index contributed by atoms with van der Waals surface area (Å²) >= 11 is 0. The smallest absolute Gasteiger partial charge is 0.411 e. The number of anilines is 3. The van der Waals surface area contributed by atoms with Crippen molar-refractivity contribution < 1.29 is 13.9 Å². The van der Waals surface area contributed by atoms with E-state index < -0.39 is 11.9 Å². The number of amides is 1. The van der Waals surface area contributed by atoms with Crippen LogP contribution in [0.1, 0.15) is 20.8 Å². The molecule has 0 aliphatic heterocycles. The van der Waals surface area contributed by atoms with E-state index in [-0.39, 0.29) is 12.3 Å². The summed E-state index contributed by atoms with van der Waals surface area (Å²) in [5.41, 5.74) is 6.64. The van der Waals surface area contributed by atoms with Crippen molar-refractivity contribution in [3.05, 3.63) is 17.9 Å². The van der Waals surface area contributed by atoms with E-state index in [0.29, 0.717) is 23.8 Å². The summed E-state index contributed by atoms with van der Waals surface area (Å²) in [5, 5.41) is 5.44. The summed E-state index contributed by atoms with van der Waals surface area (Å²) in [4.78, 5) is 11.3. The molecule has 0 fully saturated rings. The van der Waals surface area contributed by atoms with Gasteiger partial charge in [0.1, 0.15) is 5.82 Å². The zero-order valence-electron chi connectivity index (χ0n) is 11.4. The molecule has 19 heavy (non-hydrogen) atoms. The zero-order valence-corrected chi connectivity index (χ0v) is 11.4. The lowest BCUT2D eigenvalue weighted by atomic mass is 10.2. The van der Waals surface area contributed by atoms with Crippen LogP contribution in [-0.4, -0.2) is 19.2 Å². The predicted octanol–water partition coefficient (Wildman–Crippen LogP) is 3.04. The highest BCUT2D eigenvalue weighted by Gasteiger charge is 2.11. The van der Waals surface area contributed by atoms with Gasteiger partial charge in [-0.1, -0.05) is 13.8 Å². The van der Waals surface area contributed by atoms with Crippen LogP contribution in [0.3, 0.4) is 0 Å². The van der Waals surface area contributed by atoms with Crippen LogP contribution < -0.4 is 16.4 Å². The monoisotopic (exact) mass is 269 g/mol. The molecule has 1 rings (SSSR count). The average Bonchev–Trinajstić information content (AvgIpc) is 2.31. The minimum atomic E-state index is -0.694. The molecule has 0 saturated heterocycles. The Labute approximate surface area is 112 Å². The lowest BCUT2D eigenvalue weighted by Crippen LogP contribution is -2.15. The summed E-state index contributed by atoms with van der Waals surface area (Å²) in [6.45, 7) is 6.69. The molecule has 0 radical (unpaired) electrons. The van der Waals surface area contributed by atoms with Gasteiger partial charge < -0.3 is 15.8 Å². The molecule has 0 aliphatic rings. The number of halogens is 1. The second kappa shape index (κ2) is 6.82. The van der Waals surface area contributed by atoms with Crippen molar-refractivity contribution in [3.63, 3.8) is 0 Å². The van der Waals surface area contributed by atoms with Crippen molar-refractivity contribution in [2.75, 3.05) is 29.5 Å². The third kappa shape index (κ3) is 4.65. The number of nitrogen functional groups attached to an aromatic ring is 1. The van der Waals surface area contributed by atoms with Gasteiger partial charge >= 0.3 is 6.09 Å². The standard InChI is InChI=1S/C13H20FN3O2/c1-4-19-13(18)17-11-6-12(16-7-8(2)3)10(15)5-9(11)14/h5-6,8,16H,4,7,15H2,1-3H3,(H,17,18). The predicted molar refractivity (Wildman–Crippen MR) is 74.8 cm³/mol. The summed E-state index contributed by atoms with van der Waals surface area (Å²) in [6.07, 6.45) is -0.694. The van der Waals surface area contributed by atoms with Gasteiger partial charge in [0.2, 0.25) is 0 Å². The van der Waals surface area contributed by atoms with Crippen molar-refractivity contribution in [1.82, 2.24) is 0 Å². The highest BCUT2D eigenvalue weighted by molar-refractivity contribution is 5.87. The van der Waals surface area contributed by atoms with Gasteiger partial charge in [0.15, 0.2) is 0 Å². The summed E-state index contributed by atoms with van der Waals surface area (Å²) < 4.78 is 18.4. The average molecular weight is 269 g/mol. The summed E-state index contributed by atoms with van der Waals surface area (Å²) in [5.74, 6) is -0.174. The second-order valence-electron chi connectivity index (χ2n) is 4.54. The van der Waals surface area contributed by atoms with E-state index in [1.807, 2.05) is 13.8 Å². The number of ether oxygens (including phenoxy) is 1. The zero-order chi connectivity index (χ0) is 14.4. The molecule has 1 aromatic carbocycles. The van der Waals surface area contributed by atoms with E-state index in [1.165, 1.54) is 12.1 Å². The largest absolute Gasteiger partial charge is 0.450 e. The first kappa shape index (κ1) is 15.1. The quantitative estimate of drug-likeness (QED) is 0.718. The Hall–Kier alpha value is -1.98. The maximum absolute atomic E-state index is 13.7. The molecule has 106 valence electrons. The van der Waals surface area contributed by atoms with Gasteiger partial charge in [-0.25, -0.2) is 9.18 Å². The Balaban J connectivity index is 2.86. The minimum Gasteiger partial charge on any atom is -0.450 e. The molecule has 0 bridgehead atoms. The van der Waals surface area contributed by atoms with Crippen molar-refractivity contribution in [1.29, 1.82) is 0 Å². The van der Waals surface area contributed by atoms with E-state index in [1.54, 1.807) is 6.92 Å². The van der Waals surface area contributed by atoms with Gasteiger partial charge in [-0.2, -0.15) is 0 Å². The Morgan fingerprint density at radius 1 is 1.42 bits per heavy atom. The Morgan fingerprint density at radius 2 is 2.11 bits per heavy atom. The molecule has 1 amide bonds. The third-order valence-electron chi connectivity index (χ3n) is 2.35. The van der Waals surface area contributed by atoms with E-state index in [2.05, 4.69) is 10.6 Å². The molecule has 0 atom stereocenters. The number of rotatable bonds is 5. The molecule has 1 aromatic rings. The summed E-state index contributed by atoms with van der Waals surface area (Å²) in [6, 6.07) is 2.63. The first-order chi connectivity index (χ1) is 8.93. The molecular formula is C13H20FN3O2. The lowest BCUT2D eigenvalue weighted by molar-refractivity contribution is 0.168. The topological polar surface area (TPSA) is 76.4 Å². The first-order valence-corrected chi connectivity index (χ1v) is 6.20. The number of hydrogen-bond donors (Lipinski definition) is 3. The van der Waals surface area contributed by atoms with Crippen LogP contribution in [0.15, 0.2) is 12.1 Å². The lowest BCUT2D eigenvalue weighted by Gasteiger charge is -2.14. The van der Waals surface area contributed by atoms with Crippen LogP contribution >= 0.6 is 0 Å². The van der Waals surface area contributed by atoms with Crippen LogP contribution in [0.25, 0.3) is 0 Å². The highest BCUT2D eigenvalue weighted by atomic mass is 19.1. The van der Waals surface area contributed by atoms with Crippen LogP contribution in [0.2, 0.25) is 0 Å². The first-order valence-electron chi connectivity index (χ1n) is 6.20. The van der Waals surface area contributed by atoms with Crippen molar-refractivity contribution in [3.8, 4) is 0 Å². The van der Waals surface area contributed by atoms with E-state index in [0.717, 1.165) is 0 Å². The molecular weight excluding hydrogens is 249 g/mol. The number of nitrogens with two attached hydrogens (primary N) is 1. The maximum Gasteiger partial charge on any atom is 0.411 e. The van der Waals surface area contributed by atoms with Gasteiger partial charge in [-0.05, 0) is 18.9 Å². The molecule has 5 nitrogen and oxygen atoms in total. The third-order valence-corrected chi connectivity index (χ3v) is 2.35. The fourth-order valence-electron chi connectivity index (χ4n) is 1.43. The van der Waals surface area contributed by atoms with Crippen LogP contribution in [-0.2, 0) is 4.74 Å². The van der Waals surface area contributed by atoms with Gasteiger partial charge in [-0.3, -0.25) is 5.32 Å². The van der Waals surface area contributed by atoms with Crippen LogP contribution in [0.4, 0.5) is 26.2 Å². The number of hydrogen-bond acceptors (Lipinski definition) is 4. The molecule has 0 saturated carbocycles. The molecule has 0 spiro atoms. The van der Waals surface area contributed by atoms with Crippen molar-refractivity contribution in [2.45, 2.75) is 20.8 Å². The van der Waals surface area contributed by atoms with Gasteiger partial charge in [0.05, 0.1) is 23.7 Å². The number of carbonyl (C=O) groups excluding carboxylic acids is 1. The normalized spacial score (nSPS) is 10.4. The minimum absolute atomic E-state index is 0.0407. The van der Waals surface area contributed by atoms with Crippen LogP contribution in [0, 0.1) is 11.7 Å². The number of nitrogens with one attached hydrogen (secondary N) is 2. The Bertz CT molecular complexity index is 450. The fraction of sp³-hybridized carbons (Fsp3) is 0.462. The van der Waals surface area contributed by atoms with Gasteiger partial charge in [0.25, 0.3) is 0 Å². The van der Waals surface area contributed by atoms with Crippen molar-refractivity contribution >= 4 is 23.2 Å². The van der Waals surface area contributed by atoms with E-state index in [9.17, 15) is 9.18 Å². The summed E-state index contributed by atoms with van der Waals surface area (Å²) in [7, 11) is 0. The van der Waals surface area contributed by atoms with Crippen molar-refractivity contribution in [2.24, 2.45) is 5.92 Å². The number of carbonyl (C=O) groups is 1.